The van der Waals surface area contributed by atoms with Gasteiger partial charge < -0.3 is 19.5 Å². The molecule has 0 amide bonds. The predicted molar refractivity (Wildman–Crippen MR) is 86.2 cm³/mol. The Morgan fingerprint density at radius 2 is 1.48 bits per heavy atom. The minimum absolute atomic E-state index is 0.407. The molecule has 0 saturated carbocycles. The highest BCUT2D eigenvalue weighted by atomic mass is 16.5. The van der Waals surface area contributed by atoms with Crippen molar-refractivity contribution in [3.63, 3.8) is 0 Å². The molecule has 118 valence electrons. The third-order valence-corrected chi connectivity index (χ3v) is 3.71. The topological polar surface area (TPSA) is 58.9 Å². The van der Waals surface area contributed by atoms with Gasteiger partial charge in [-0.2, -0.15) is 0 Å². The first-order valence-electron chi connectivity index (χ1n) is 7.73. The maximum Gasteiger partial charge on any atom is 0.488 e. The van der Waals surface area contributed by atoms with Crippen LogP contribution >= 0.6 is 0 Å². The first-order valence-corrected chi connectivity index (χ1v) is 7.73. The molecule has 1 aromatic carbocycles. The second kappa shape index (κ2) is 8.95. The summed E-state index contributed by atoms with van der Waals surface area (Å²) in [6.45, 7) is 9.69. The summed E-state index contributed by atoms with van der Waals surface area (Å²) in [4.78, 5) is 0. The van der Waals surface area contributed by atoms with Gasteiger partial charge in [0.15, 0.2) is 11.5 Å². The second-order valence-electron chi connectivity index (χ2n) is 5.73. The van der Waals surface area contributed by atoms with Crippen LogP contribution in [-0.2, 0) is 0 Å². The summed E-state index contributed by atoms with van der Waals surface area (Å²) in [6.07, 6.45) is 2.09. The normalized spacial score (nSPS) is 13.6. The van der Waals surface area contributed by atoms with Crippen LogP contribution in [0.3, 0.4) is 0 Å². The molecule has 0 fully saturated rings. The maximum absolute atomic E-state index is 9.28. The zero-order chi connectivity index (χ0) is 15.8. The molecular formula is C16H27BO4. The smallest absolute Gasteiger partial charge is 0.488 e. The fourth-order valence-corrected chi connectivity index (χ4v) is 1.62. The molecule has 0 bridgehead atoms. The molecule has 0 heterocycles. The average molecular weight is 294 g/mol. The summed E-state index contributed by atoms with van der Waals surface area (Å²) in [7, 11) is -1.50. The van der Waals surface area contributed by atoms with E-state index in [4.69, 9.17) is 9.47 Å². The molecule has 0 unspecified atom stereocenters. The number of benzene rings is 1. The van der Waals surface area contributed by atoms with Gasteiger partial charge in [-0.15, -0.1) is 0 Å². The first-order chi connectivity index (χ1) is 9.97. The standard InChI is InChI=1S/C16H27BO4/c1-5-12(3)10-20-15-8-7-14(17(18)19)9-16(15)21-11-13(4)6-2/h7-9,12-13,18-19H,5-6,10-11H2,1-4H3/t12-,13-/m1/s1. The fourth-order valence-electron chi connectivity index (χ4n) is 1.62. The van der Waals surface area contributed by atoms with E-state index in [1.54, 1.807) is 18.2 Å². The average Bonchev–Trinajstić information content (AvgIpc) is 2.50. The molecule has 0 aromatic heterocycles. The summed E-state index contributed by atoms with van der Waals surface area (Å²) in [5.41, 5.74) is 0.407. The van der Waals surface area contributed by atoms with Crippen LogP contribution in [0.4, 0.5) is 0 Å². The van der Waals surface area contributed by atoms with Crippen molar-refractivity contribution in [2.24, 2.45) is 11.8 Å². The third kappa shape index (κ3) is 5.98. The van der Waals surface area contributed by atoms with E-state index in [9.17, 15) is 10.0 Å². The van der Waals surface area contributed by atoms with E-state index in [1.165, 1.54) is 0 Å². The van der Waals surface area contributed by atoms with Gasteiger partial charge in [0.05, 0.1) is 13.2 Å². The molecular weight excluding hydrogens is 267 g/mol. The van der Waals surface area contributed by atoms with Gasteiger partial charge in [-0.05, 0) is 29.4 Å². The Morgan fingerprint density at radius 1 is 0.952 bits per heavy atom. The van der Waals surface area contributed by atoms with Crippen LogP contribution < -0.4 is 14.9 Å². The zero-order valence-electron chi connectivity index (χ0n) is 13.5. The van der Waals surface area contributed by atoms with Crippen LogP contribution in [0.15, 0.2) is 18.2 Å². The van der Waals surface area contributed by atoms with Crippen LogP contribution in [0.5, 0.6) is 11.5 Å². The first kappa shape index (κ1) is 17.9. The molecule has 4 nitrogen and oxygen atoms in total. The lowest BCUT2D eigenvalue weighted by Gasteiger charge is -2.17. The van der Waals surface area contributed by atoms with Crippen molar-refractivity contribution in [3.8, 4) is 11.5 Å². The molecule has 1 rings (SSSR count). The Balaban J connectivity index is 2.83. The lowest BCUT2D eigenvalue weighted by molar-refractivity contribution is 0.218. The minimum Gasteiger partial charge on any atom is -0.489 e. The van der Waals surface area contributed by atoms with Crippen LogP contribution in [0, 0.1) is 11.8 Å². The highest BCUT2D eigenvalue weighted by Gasteiger charge is 2.16. The summed E-state index contributed by atoms with van der Waals surface area (Å²) in [5.74, 6) is 2.14. The van der Waals surface area contributed by atoms with E-state index in [0.717, 1.165) is 12.8 Å². The molecule has 1 aromatic rings. The van der Waals surface area contributed by atoms with Gasteiger partial charge in [-0.25, -0.2) is 0 Å². The molecule has 0 aliphatic carbocycles. The van der Waals surface area contributed by atoms with Gasteiger partial charge in [0.1, 0.15) is 0 Å². The summed E-state index contributed by atoms with van der Waals surface area (Å²) in [6, 6.07) is 5.02. The maximum atomic E-state index is 9.28. The quantitative estimate of drug-likeness (QED) is 0.686. The van der Waals surface area contributed by atoms with Crippen LogP contribution in [0.25, 0.3) is 0 Å². The largest absolute Gasteiger partial charge is 0.489 e. The van der Waals surface area contributed by atoms with Crippen molar-refractivity contribution in [3.05, 3.63) is 18.2 Å². The van der Waals surface area contributed by atoms with Gasteiger partial charge in [0.25, 0.3) is 0 Å². The fraction of sp³-hybridized carbons (Fsp3) is 0.625. The highest BCUT2D eigenvalue weighted by Crippen LogP contribution is 2.27. The Kier molecular flexibility index (Phi) is 7.61. The van der Waals surface area contributed by atoms with Crippen molar-refractivity contribution in [2.45, 2.75) is 40.5 Å². The van der Waals surface area contributed by atoms with Crippen molar-refractivity contribution in [1.82, 2.24) is 0 Å². The molecule has 0 spiro atoms. The highest BCUT2D eigenvalue weighted by molar-refractivity contribution is 6.58. The van der Waals surface area contributed by atoms with Gasteiger partial charge in [0, 0.05) is 0 Å². The van der Waals surface area contributed by atoms with Gasteiger partial charge in [-0.1, -0.05) is 46.6 Å². The molecule has 5 heteroatoms. The van der Waals surface area contributed by atoms with E-state index in [0.29, 0.717) is 42.0 Å². The molecule has 0 aliphatic rings. The van der Waals surface area contributed by atoms with E-state index >= 15 is 0 Å². The lowest BCUT2D eigenvalue weighted by atomic mass is 9.80. The van der Waals surface area contributed by atoms with Gasteiger partial charge in [-0.3, -0.25) is 0 Å². The van der Waals surface area contributed by atoms with E-state index in [1.807, 2.05) is 0 Å². The zero-order valence-corrected chi connectivity index (χ0v) is 13.5. The van der Waals surface area contributed by atoms with Crippen LogP contribution in [-0.4, -0.2) is 30.4 Å². The molecule has 2 N–H and O–H groups in total. The molecule has 0 radical (unpaired) electrons. The molecule has 0 aliphatic heterocycles. The molecule has 21 heavy (non-hydrogen) atoms. The van der Waals surface area contributed by atoms with E-state index in [-0.39, 0.29) is 0 Å². The Labute approximate surface area is 128 Å². The Bertz CT molecular complexity index is 423. The van der Waals surface area contributed by atoms with Gasteiger partial charge >= 0.3 is 7.12 Å². The minimum atomic E-state index is -1.50. The number of rotatable bonds is 9. The molecule has 0 saturated heterocycles. The SMILES string of the molecule is CC[C@@H](C)COc1ccc(B(O)O)cc1OC[C@H](C)CC. The number of hydrogen-bond acceptors (Lipinski definition) is 4. The van der Waals surface area contributed by atoms with E-state index in [2.05, 4.69) is 27.7 Å². The number of hydrogen-bond donors (Lipinski definition) is 2. The summed E-state index contributed by atoms with van der Waals surface area (Å²) < 4.78 is 11.6. The van der Waals surface area contributed by atoms with Crippen LogP contribution in [0.1, 0.15) is 40.5 Å². The summed E-state index contributed by atoms with van der Waals surface area (Å²) in [5, 5.41) is 18.6. The van der Waals surface area contributed by atoms with Gasteiger partial charge in [0.2, 0.25) is 0 Å². The van der Waals surface area contributed by atoms with Crippen molar-refractivity contribution < 1.29 is 19.5 Å². The predicted octanol–water partition coefficient (Wildman–Crippen LogP) is 2.22. The van der Waals surface area contributed by atoms with Crippen molar-refractivity contribution >= 4 is 12.6 Å². The van der Waals surface area contributed by atoms with Crippen molar-refractivity contribution in [2.75, 3.05) is 13.2 Å². The Hall–Kier alpha value is -1.20. The third-order valence-electron chi connectivity index (χ3n) is 3.71. The summed E-state index contributed by atoms with van der Waals surface area (Å²) >= 11 is 0. The second-order valence-corrected chi connectivity index (χ2v) is 5.73. The molecule has 2 atom stereocenters. The van der Waals surface area contributed by atoms with Crippen molar-refractivity contribution in [1.29, 1.82) is 0 Å². The van der Waals surface area contributed by atoms with Crippen LogP contribution in [0.2, 0.25) is 0 Å². The van der Waals surface area contributed by atoms with E-state index < -0.39 is 7.12 Å². The Morgan fingerprint density at radius 3 is 1.95 bits per heavy atom. The number of ether oxygens (including phenoxy) is 2. The lowest BCUT2D eigenvalue weighted by Crippen LogP contribution is -2.29. The monoisotopic (exact) mass is 294 g/mol.